The Morgan fingerprint density at radius 2 is 1.83 bits per heavy atom. The summed E-state index contributed by atoms with van der Waals surface area (Å²) in [6, 6.07) is 6.69. The Morgan fingerprint density at radius 1 is 1.10 bits per heavy atom. The Hall–Kier alpha value is -2.57. The van der Waals surface area contributed by atoms with E-state index in [4.69, 9.17) is 9.47 Å². The third-order valence-electron chi connectivity index (χ3n) is 5.63. The van der Waals surface area contributed by atoms with E-state index in [1.54, 1.807) is 39.0 Å². The molecule has 2 atom stereocenters. The molecular formula is C23H32N2O5. The number of piperidine rings is 1. The number of likely N-dealkylation sites (tertiary alicyclic amines) is 1. The number of carbonyl (C=O) groups is 3. The van der Waals surface area contributed by atoms with Crippen LogP contribution in [-0.4, -0.2) is 47.7 Å². The average Bonchev–Trinajstić information content (AvgIpc) is 2.70. The average molecular weight is 417 g/mol. The monoisotopic (exact) mass is 416 g/mol. The highest BCUT2D eigenvalue weighted by Crippen LogP contribution is 2.35. The number of fused-ring (bicyclic) bond motifs is 1. The van der Waals surface area contributed by atoms with E-state index in [-0.39, 0.29) is 18.1 Å². The lowest BCUT2D eigenvalue weighted by Crippen LogP contribution is -2.50. The van der Waals surface area contributed by atoms with Crippen molar-refractivity contribution in [2.45, 2.75) is 70.9 Å². The molecule has 1 N–H and O–H groups in total. The van der Waals surface area contributed by atoms with Gasteiger partial charge in [0.2, 0.25) is 0 Å². The molecule has 0 radical (unpaired) electrons. The van der Waals surface area contributed by atoms with E-state index in [2.05, 4.69) is 5.32 Å². The van der Waals surface area contributed by atoms with Crippen molar-refractivity contribution in [1.29, 1.82) is 0 Å². The number of hydrogen-bond acceptors (Lipinski definition) is 5. The van der Waals surface area contributed by atoms with Gasteiger partial charge in [0.1, 0.15) is 5.60 Å². The van der Waals surface area contributed by atoms with Gasteiger partial charge in [-0.25, -0.2) is 9.59 Å². The van der Waals surface area contributed by atoms with Crippen molar-refractivity contribution in [3.8, 4) is 0 Å². The summed E-state index contributed by atoms with van der Waals surface area (Å²) in [4.78, 5) is 39.0. The quantitative estimate of drug-likeness (QED) is 0.737. The topological polar surface area (TPSA) is 84.9 Å². The maximum atomic E-state index is 12.7. The number of carbonyl (C=O) groups excluding carboxylic acids is 3. The van der Waals surface area contributed by atoms with Crippen LogP contribution in [0.15, 0.2) is 24.3 Å². The second kappa shape index (κ2) is 9.49. The largest absolute Gasteiger partial charge is 0.452 e. The number of benzene rings is 1. The van der Waals surface area contributed by atoms with Gasteiger partial charge in [-0.1, -0.05) is 18.9 Å². The Bertz CT molecular complexity index is 784. The zero-order valence-corrected chi connectivity index (χ0v) is 18.1. The van der Waals surface area contributed by atoms with Crippen molar-refractivity contribution in [3.63, 3.8) is 0 Å². The van der Waals surface area contributed by atoms with Crippen LogP contribution >= 0.6 is 0 Å². The van der Waals surface area contributed by atoms with Crippen LogP contribution < -0.4 is 5.32 Å². The molecule has 1 aromatic rings. The number of ether oxygens (including phenoxy) is 2. The molecule has 1 aliphatic heterocycles. The summed E-state index contributed by atoms with van der Waals surface area (Å²) in [6.07, 6.45) is 6.23. The van der Waals surface area contributed by atoms with Crippen molar-refractivity contribution in [3.05, 3.63) is 29.8 Å². The highest BCUT2D eigenvalue weighted by atomic mass is 16.6. The molecule has 1 saturated heterocycles. The molecular weight excluding hydrogens is 384 g/mol. The van der Waals surface area contributed by atoms with Gasteiger partial charge in [0.15, 0.2) is 6.61 Å². The maximum absolute atomic E-state index is 12.7. The van der Waals surface area contributed by atoms with Gasteiger partial charge in [0.05, 0.1) is 5.56 Å². The van der Waals surface area contributed by atoms with Crippen molar-refractivity contribution in [1.82, 2.24) is 4.90 Å². The van der Waals surface area contributed by atoms with E-state index in [1.807, 2.05) is 4.90 Å². The molecule has 2 aliphatic rings. The number of nitrogens with one attached hydrogen (secondary N) is 1. The van der Waals surface area contributed by atoms with Crippen molar-refractivity contribution in [2.24, 2.45) is 5.92 Å². The molecule has 0 bridgehead atoms. The Morgan fingerprint density at radius 3 is 2.60 bits per heavy atom. The lowest BCUT2D eigenvalue weighted by Gasteiger charge is -2.44. The molecule has 1 saturated carbocycles. The zero-order valence-electron chi connectivity index (χ0n) is 18.1. The van der Waals surface area contributed by atoms with E-state index < -0.39 is 17.7 Å². The number of amides is 2. The molecule has 0 aromatic heterocycles. The molecule has 2 amide bonds. The molecule has 3 rings (SSSR count). The number of esters is 1. The third-order valence-corrected chi connectivity index (χ3v) is 5.63. The smallest absolute Gasteiger partial charge is 0.412 e. The van der Waals surface area contributed by atoms with Gasteiger partial charge in [-0.2, -0.15) is 0 Å². The molecule has 164 valence electrons. The fraction of sp³-hybridized carbons (Fsp3) is 0.609. The highest BCUT2D eigenvalue weighted by Gasteiger charge is 2.35. The van der Waals surface area contributed by atoms with Gasteiger partial charge in [0.25, 0.3) is 5.91 Å². The lowest BCUT2D eigenvalue weighted by molar-refractivity contribution is -0.140. The Labute approximate surface area is 178 Å². The van der Waals surface area contributed by atoms with Crippen LogP contribution in [0.1, 0.15) is 69.7 Å². The number of rotatable bonds is 4. The first-order valence-electron chi connectivity index (χ1n) is 10.8. The molecule has 1 aromatic carbocycles. The predicted octanol–water partition coefficient (Wildman–Crippen LogP) is 4.37. The van der Waals surface area contributed by atoms with Crippen molar-refractivity contribution in [2.75, 3.05) is 18.5 Å². The van der Waals surface area contributed by atoms with Gasteiger partial charge >= 0.3 is 12.1 Å². The fourth-order valence-corrected chi connectivity index (χ4v) is 4.37. The second-order valence-electron chi connectivity index (χ2n) is 9.13. The first kappa shape index (κ1) is 22.1. The third kappa shape index (κ3) is 5.97. The standard InChI is InChI=1S/C23H32N2O5/c1-23(2,3)30-22(28)24-18-11-6-9-17(14-18)21(27)29-15-20(26)25-13-7-10-16-8-4-5-12-19(16)25/h6,9,11,14,16,19H,4-5,7-8,10,12-13,15H2,1-3H3,(H,24,28)/t16-,19-/m0/s1. The molecule has 30 heavy (non-hydrogen) atoms. The van der Waals surface area contributed by atoms with Gasteiger partial charge in [-0.15, -0.1) is 0 Å². The normalized spacial score (nSPS) is 21.4. The Kier molecular flexibility index (Phi) is 7.00. The predicted molar refractivity (Wildman–Crippen MR) is 113 cm³/mol. The SMILES string of the molecule is CC(C)(C)OC(=O)Nc1cccc(C(=O)OCC(=O)N2CCC[C@@H]3CCCC[C@@H]32)c1. The summed E-state index contributed by atoms with van der Waals surface area (Å²) in [5, 5.41) is 2.60. The van der Waals surface area contributed by atoms with Crippen molar-refractivity contribution < 1.29 is 23.9 Å². The van der Waals surface area contributed by atoms with Crippen LogP contribution in [0, 0.1) is 5.92 Å². The zero-order chi connectivity index (χ0) is 21.7. The van der Waals surface area contributed by atoms with Crippen LogP contribution in [0.4, 0.5) is 10.5 Å². The van der Waals surface area contributed by atoms with E-state index in [0.29, 0.717) is 17.6 Å². The molecule has 0 unspecified atom stereocenters. The number of anilines is 1. The van der Waals surface area contributed by atoms with Gasteiger partial charge in [0, 0.05) is 18.3 Å². The van der Waals surface area contributed by atoms with Gasteiger partial charge < -0.3 is 14.4 Å². The molecule has 1 heterocycles. The van der Waals surface area contributed by atoms with Crippen LogP contribution in [0.3, 0.4) is 0 Å². The summed E-state index contributed by atoms with van der Waals surface area (Å²) in [6.45, 7) is 5.80. The van der Waals surface area contributed by atoms with Crippen molar-refractivity contribution >= 4 is 23.7 Å². The van der Waals surface area contributed by atoms with Gasteiger partial charge in [-0.3, -0.25) is 10.1 Å². The van der Waals surface area contributed by atoms with E-state index >= 15 is 0 Å². The minimum Gasteiger partial charge on any atom is -0.452 e. The number of nitrogens with zero attached hydrogens (tertiary/aromatic N) is 1. The van der Waals surface area contributed by atoms with Crippen LogP contribution in [0.25, 0.3) is 0 Å². The summed E-state index contributed by atoms with van der Waals surface area (Å²) >= 11 is 0. The van der Waals surface area contributed by atoms with E-state index in [0.717, 1.165) is 25.8 Å². The molecule has 7 heteroatoms. The van der Waals surface area contributed by atoms with E-state index in [9.17, 15) is 14.4 Å². The van der Waals surface area contributed by atoms with Crippen LogP contribution in [0.5, 0.6) is 0 Å². The first-order valence-corrected chi connectivity index (χ1v) is 10.8. The summed E-state index contributed by atoms with van der Waals surface area (Å²) in [5.41, 5.74) is 0.0731. The molecule has 7 nitrogen and oxygen atoms in total. The van der Waals surface area contributed by atoms with Gasteiger partial charge in [-0.05, 0) is 70.6 Å². The van der Waals surface area contributed by atoms with Crippen LogP contribution in [0.2, 0.25) is 0 Å². The second-order valence-corrected chi connectivity index (χ2v) is 9.13. The highest BCUT2D eigenvalue weighted by molar-refractivity contribution is 5.93. The Balaban J connectivity index is 1.54. The molecule has 0 spiro atoms. The van der Waals surface area contributed by atoms with E-state index in [1.165, 1.54) is 25.3 Å². The molecule has 1 aliphatic carbocycles. The first-order chi connectivity index (χ1) is 14.2. The fourth-order valence-electron chi connectivity index (χ4n) is 4.37. The minimum absolute atomic E-state index is 0.122. The van der Waals surface area contributed by atoms with Crippen LogP contribution in [-0.2, 0) is 14.3 Å². The summed E-state index contributed by atoms with van der Waals surface area (Å²) < 4.78 is 10.5. The maximum Gasteiger partial charge on any atom is 0.412 e. The minimum atomic E-state index is -0.618. The summed E-state index contributed by atoms with van der Waals surface area (Å²) in [5.74, 6) is -0.126. The number of hydrogen-bond donors (Lipinski definition) is 1. The molecule has 2 fully saturated rings. The lowest BCUT2D eigenvalue weighted by atomic mass is 9.78. The summed E-state index contributed by atoms with van der Waals surface area (Å²) in [7, 11) is 0.